The summed E-state index contributed by atoms with van der Waals surface area (Å²) in [6.07, 6.45) is -8.10. The molecule has 1 N–H and O–H groups in total. The molecule has 3 aromatic rings. The van der Waals surface area contributed by atoms with E-state index in [1.54, 1.807) is 81.4 Å². The zero-order valence-electron chi connectivity index (χ0n) is 37.1. The summed E-state index contributed by atoms with van der Waals surface area (Å²) in [7, 11) is 0. The Labute approximate surface area is 374 Å². The van der Waals surface area contributed by atoms with E-state index in [4.69, 9.17) is 28.4 Å². The maximum absolute atomic E-state index is 15.9. The van der Waals surface area contributed by atoms with Crippen LogP contribution in [0.1, 0.15) is 115 Å². The Morgan fingerprint density at radius 1 is 0.754 bits per heavy atom. The molecule has 15 heteroatoms. The molecule has 1 aliphatic heterocycles. The van der Waals surface area contributed by atoms with Crippen LogP contribution in [0.5, 0.6) is 0 Å². The highest BCUT2D eigenvalue weighted by Gasteiger charge is 2.79. The molecule has 4 aliphatic carbocycles. The Morgan fingerprint density at radius 3 is 1.97 bits per heavy atom. The Hall–Kier alpha value is -6.32. The SMILES string of the molecule is CC(=O)O[C@H]1C(=O)[C@]2(C)[C@@H](OC(=O)CCc3ccc4c(c3)C(=O)c3ccccc3C4=O)C[C@H]3OC[C@@]3(OC(C)=O)[C@H]2[C@H](OC(=O)c2ccccc2)[C@]2(O)C[C@H](OC(C)=O)C(C)=C1C2(C)C. The van der Waals surface area contributed by atoms with Gasteiger partial charge in [-0.05, 0) is 55.2 Å². The normalized spacial score (nSPS) is 30.7. The Kier molecular flexibility index (Phi) is 11.3. The number of ketones is 3. The number of rotatable bonds is 9. The van der Waals surface area contributed by atoms with Gasteiger partial charge in [-0.1, -0.05) is 68.4 Å². The fraction of sp³-hybridized carbons (Fsp3) is 0.440. The zero-order valence-corrected chi connectivity index (χ0v) is 37.1. The summed E-state index contributed by atoms with van der Waals surface area (Å²) in [5, 5.41) is 13.6. The van der Waals surface area contributed by atoms with Gasteiger partial charge in [-0.2, -0.15) is 0 Å². The highest BCUT2D eigenvalue weighted by molar-refractivity contribution is 6.28. The first kappa shape index (κ1) is 45.3. The van der Waals surface area contributed by atoms with E-state index in [1.165, 1.54) is 26.0 Å². The standard InChI is InChI=1S/C50H50O15/c1-25-35(61-26(2)51)23-50(59)45(64-46(58)30-13-9-8-10-14-30)43-48(7,44(57)42(62-27(3)52)39(25)47(50,5)6)36(22-37-49(43,24-60-37)65-28(4)53)63-38(54)20-18-29-17-19-33-34(21-29)41(56)32-16-12-11-15-31(32)40(33)55/h8-17,19,21,35-37,42-43,45,59H,18,20,22-24H2,1-7H3/t35-,36-,37+,42+,43-,45-,48+,49-,50+/m0/s1. The van der Waals surface area contributed by atoms with Crippen molar-refractivity contribution < 1.29 is 71.9 Å². The van der Waals surface area contributed by atoms with Crippen molar-refractivity contribution in [3.63, 3.8) is 0 Å². The van der Waals surface area contributed by atoms with E-state index in [1.807, 2.05) is 0 Å². The van der Waals surface area contributed by atoms with Gasteiger partial charge in [-0.25, -0.2) is 4.79 Å². The van der Waals surface area contributed by atoms with Gasteiger partial charge in [0.2, 0.25) is 0 Å². The average molecular weight is 891 g/mol. The summed E-state index contributed by atoms with van der Waals surface area (Å²) < 4.78 is 36.7. The summed E-state index contributed by atoms with van der Waals surface area (Å²) in [6, 6.07) is 19.2. The summed E-state index contributed by atoms with van der Waals surface area (Å²) >= 11 is 0. The molecular formula is C50H50O15. The van der Waals surface area contributed by atoms with Crippen molar-refractivity contribution in [1.29, 1.82) is 0 Å². The number of aliphatic hydroxyl groups is 1. The third kappa shape index (κ3) is 7.19. The molecule has 1 heterocycles. The lowest BCUT2D eigenvalue weighted by Crippen LogP contribution is -2.82. The number of fused-ring (bicyclic) bond motifs is 7. The zero-order chi connectivity index (χ0) is 47.0. The van der Waals surface area contributed by atoms with Crippen molar-refractivity contribution in [2.45, 2.75) is 116 Å². The maximum Gasteiger partial charge on any atom is 0.338 e. The molecule has 15 nitrogen and oxygen atoms in total. The molecule has 2 saturated carbocycles. The van der Waals surface area contributed by atoms with Crippen LogP contribution in [0, 0.1) is 16.7 Å². The second kappa shape index (κ2) is 16.3. The van der Waals surface area contributed by atoms with Crippen LogP contribution in [0.25, 0.3) is 0 Å². The molecule has 1 saturated heterocycles. The van der Waals surface area contributed by atoms with Crippen molar-refractivity contribution in [3.8, 4) is 0 Å². The molecule has 9 atom stereocenters. The predicted molar refractivity (Wildman–Crippen MR) is 226 cm³/mol. The molecule has 2 bridgehead atoms. The van der Waals surface area contributed by atoms with E-state index in [9.17, 15) is 38.7 Å². The van der Waals surface area contributed by atoms with Crippen LogP contribution in [0.15, 0.2) is 83.9 Å². The molecule has 8 rings (SSSR count). The van der Waals surface area contributed by atoms with Crippen LogP contribution in [0.4, 0.5) is 0 Å². The van der Waals surface area contributed by atoms with E-state index < -0.39 is 94.1 Å². The van der Waals surface area contributed by atoms with Gasteiger partial charge in [0.15, 0.2) is 29.1 Å². The third-order valence-corrected chi connectivity index (χ3v) is 14.3. The van der Waals surface area contributed by atoms with Crippen molar-refractivity contribution >= 4 is 47.2 Å². The number of esters is 5. The molecule has 340 valence electrons. The van der Waals surface area contributed by atoms with E-state index in [-0.39, 0.29) is 71.7 Å². The van der Waals surface area contributed by atoms with Crippen molar-refractivity contribution in [3.05, 3.63) is 117 Å². The molecule has 5 aliphatic rings. The number of hydrogen-bond acceptors (Lipinski definition) is 15. The molecule has 0 unspecified atom stereocenters. The number of ether oxygens (including phenoxy) is 6. The minimum Gasteiger partial charge on any atom is -0.461 e. The molecule has 0 radical (unpaired) electrons. The summed E-state index contributed by atoms with van der Waals surface area (Å²) in [4.78, 5) is 110. The summed E-state index contributed by atoms with van der Waals surface area (Å²) in [5.41, 5.74) is -5.71. The topological polar surface area (TPSA) is 212 Å². The van der Waals surface area contributed by atoms with Gasteiger partial charge in [0, 0.05) is 67.7 Å². The molecular weight excluding hydrogens is 841 g/mol. The number of aryl methyl sites for hydroxylation is 1. The van der Waals surface area contributed by atoms with Crippen LogP contribution in [-0.2, 0) is 58.8 Å². The van der Waals surface area contributed by atoms with Crippen LogP contribution in [-0.4, -0.2) is 101 Å². The average Bonchev–Trinajstić information content (AvgIpc) is 3.25. The fourth-order valence-electron chi connectivity index (χ4n) is 11.1. The van der Waals surface area contributed by atoms with Crippen molar-refractivity contribution in [2.24, 2.45) is 16.7 Å². The first-order valence-electron chi connectivity index (χ1n) is 21.6. The van der Waals surface area contributed by atoms with Gasteiger partial charge in [-0.3, -0.25) is 33.6 Å². The van der Waals surface area contributed by atoms with Crippen LogP contribution in [0.2, 0.25) is 0 Å². The molecule has 3 fully saturated rings. The molecule has 0 spiro atoms. The monoisotopic (exact) mass is 890 g/mol. The predicted octanol–water partition coefficient (Wildman–Crippen LogP) is 5.18. The summed E-state index contributed by atoms with van der Waals surface area (Å²) in [6.45, 7) is 9.37. The Bertz CT molecular complexity index is 2590. The molecule has 3 aromatic carbocycles. The molecule has 65 heavy (non-hydrogen) atoms. The second-order valence-electron chi connectivity index (χ2n) is 18.4. The number of carbonyl (C=O) groups is 8. The summed E-state index contributed by atoms with van der Waals surface area (Å²) in [5.74, 6) is -7.08. The van der Waals surface area contributed by atoms with Gasteiger partial charge in [0.1, 0.15) is 30.0 Å². The van der Waals surface area contributed by atoms with E-state index in [2.05, 4.69) is 0 Å². The van der Waals surface area contributed by atoms with Crippen molar-refractivity contribution in [1.82, 2.24) is 0 Å². The minimum atomic E-state index is -2.29. The van der Waals surface area contributed by atoms with Crippen molar-refractivity contribution in [2.75, 3.05) is 6.61 Å². The Morgan fingerprint density at radius 2 is 1.37 bits per heavy atom. The smallest absolute Gasteiger partial charge is 0.338 e. The van der Waals surface area contributed by atoms with Gasteiger partial charge in [-0.15, -0.1) is 0 Å². The lowest BCUT2D eigenvalue weighted by molar-refractivity contribution is -0.346. The Balaban J connectivity index is 1.24. The quantitative estimate of drug-likeness (QED) is 0.130. The maximum atomic E-state index is 15.9. The van der Waals surface area contributed by atoms with Crippen LogP contribution in [0.3, 0.4) is 0 Å². The van der Waals surface area contributed by atoms with Gasteiger partial charge in [0.25, 0.3) is 0 Å². The van der Waals surface area contributed by atoms with Gasteiger partial charge in [0.05, 0.1) is 23.5 Å². The first-order chi connectivity index (χ1) is 30.6. The fourth-order valence-corrected chi connectivity index (χ4v) is 11.1. The first-order valence-corrected chi connectivity index (χ1v) is 21.6. The lowest BCUT2D eigenvalue weighted by atomic mass is 9.44. The van der Waals surface area contributed by atoms with E-state index in [0.717, 1.165) is 13.8 Å². The number of benzene rings is 3. The highest BCUT2D eigenvalue weighted by Crippen LogP contribution is 2.65. The largest absolute Gasteiger partial charge is 0.461 e. The third-order valence-electron chi connectivity index (χ3n) is 14.3. The second-order valence-corrected chi connectivity index (χ2v) is 18.4. The number of carbonyl (C=O) groups excluding carboxylic acids is 8. The van der Waals surface area contributed by atoms with Crippen LogP contribution < -0.4 is 0 Å². The van der Waals surface area contributed by atoms with Gasteiger partial charge < -0.3 is 33.5 Å². The van der Waals surface area contributed by atoms with E-state index >= 15 is 4.79 Å². The lowest BCUT2D eigenvalue weighted by Gasteiger charge is -2.67. The van der Waals surface area contributed by atoms with Gasteiger partial charge >= 0.3 is 29.8 Å². The minimum absolute atomic E-state index is 0.0539. The number of Topliss-reactive ketones (excluding diaryl/α,β-unsaturated/α-hetero) is 1. The highest BCUT2D eigenvalue weighted by atomic mass is 16.6. The molecule has 0 amide bonds. The van der Waals surface area contributed by atoms with E-state index in [0.29, 0.717) is 16.7 Å². The van der Waals surface area contributed by atoms with Crippen LogP contribution >= 0.6 is 0 Å². The molecule has 0 aromatic heterocycles. The number of hydrogen-bond donors (Lipinski definition) is 1.